The van der Waals surface area contributed by atoms with Gasteiger partial charge in [-0.15, -0.1) is 0 Å². The van der Waals surface area contributed by atoms with Gasteiger partial charge in [-0.05, 0) is 24.1 Å². The highest BCUT2D eigenvalue weighted by Crippen LogP contribution is 2.23. The van der Waals surface area contributed by atoms with Crippen LogP contribution in [-0.2, 0) is 11.2 Å². The lowest BCUT2D eigenvalue weighted by atomic mass is 10.1. The van der Waals surface area contributed by atoms with Crippen LogP contribution in [0.25, 0.3) is 16.9 Å². The zero-order valence-electron chi connectivity index (χ0n) is 12.4. The molecule has 0 radical (unpaired) electrons. The van der Waals surface area contributed by atoms with E-state index >= 15 is 0 Å². The first kappa shape index (κ1) is 15.0. The van der Waals surface area contributed by atoms with E-state index in [9.17, 15) is 9.59 Å². The average molecular weight is 313 g/mol. The third kappa shape index (κ3) is 2.74. The minimum absolute atomic E-state index is 0.0828. The van der Waals surface area contributed by atoms with E-state index in [0.29, 0.717) is 12.0 Å². The lowest BCUT2D eigenvalue weighted by molar-refractivity contribution is 0.0600. The molecule has 1 aromatic carbocycles. The number of H-pyrrole nitrogens is 1. The smallest absolute Gasteiger partial charge is 0.341 e. The summed E-state index contributed by atoms with van der Waals surface area (Å²) in [4.78, 5) is 23.8. The summed E-state index contributed by atoms with van der Waals surface area (Å²) in [5.74, 6) is -0.562. The average Bonchev–Trinajstić information content (AvgIpc) is 2.95. The number of aliphatic hydroxyl groups excluding tert-OH is 1. The van der Waals surface area contributed by atoms with Crippen LogP contribution in [0.5, 0.6) is 0 Å². The van der Waals surface area contributed by atoms with Crippen molar-refractivity contribution < 1.29 is 14.6 Å². The quantitative estimate of drug-likeness (QED) is 0.700. The second kappa shape index (κ2) is 6.05. The number of fused-ring (bicyclic) bond motifs is 1. The first-order chi connectivity index (χ1) is 11.1. The van der Waals surface area contributed by atoms with Crippen molar-refractivity contribution in [2.45, 2.75) is 6.42 Å². The van der Waals surface area contributed by atoms with Gasteiger partial charge in [0.2, 0.25) is 0 Å². The molecule has 2 aliphatic heterocycles. The van der Waals surface area contributed by atoms with Crippen molar-refractivity contribution in [1.29, 1.82) is 0 Å². The first-order valence-electron chi connectivity index (χ1n) is 7.03. The van der Waals surface area contributed by atoms with Crippen molar-refractivity contribution >= 4 is 5.97 Å². The molecule has 1 aromatic rings. The topological polar surface area (TPSA) is 97.2 Å². The Balaban J connectivity index is 2.13. The third-order valence-corrected chi connectivity index (χ3v) is 3.60. The maximum Gasteiger partial charge on any atom is 0.341 e. The standard InChI is InChI=1S/C16H15N3O4/c1-23-16(22)13-9-19(8-12-14(13)17-18-15(12)21)11-4-2-10(3-5-11)6-7-20/h2-5,8-9,20H,6-7H2,1H3,(H,18,21). The van der Waals surface area contributed by atoms with Crippen molar-refractivity contribution in [3.8, 4) is 16.9 Å². The number of aromatic amines is 1. The highest BCUT2D eigenvalue weighted by molar-refractivity contribution is 5.96. The number of aromatic nitrogens is 3. The molecule has 2 N–H and O–H groups in total. The van der Waals surface area contributed by atoms with Crippen molar-refractivity contribution in [2.24, 2.45) is 0 Å². The molecule has 0 saturated carbocycles. The van der Waals surface area contributed by atoms with Gasteiger partial charge in [0.1, 0.15) is 11.3 Å². The fourth-order valence-corrected chi connectivity index (χ4v) is 2.41. The van der Waals surface area contributed by atoms with Crippen molar-refractivity contribution in [3.05, 3.63) is 58.1 Å². The number of pyridine rings is 1. The van der Waals surface area contributed by atoms with E-state index in [0.717, 1.165) is 11.3 Å². The predicted molar refractivity (Wildman–Crippen MR) is 82.9 cm³/mol. The number of rotatable bonds is 4. The number of nitrogens with zero attached hydrogens (tertiary/aromatic N) is 2. The van der Waals surface area contributed by atoms with Gasteiger partial charge in [0.25, 0.3) is 5.56 Å². The van der Waals surface area contributed by atoms with Gasteiger partial charge in [0.15, 0.2) is 0 Å². The number of aliphatic hydroxyl groups is 1. The van der Waals surface area contributed by atoms with Crippen LogP contribution in [0.1, 0.15) is 15.9 Å². The molecule has 0 aromatic heterocycles. The molecule has 0 aliphatic carbocycles. The maximum atomic E-state index is 11.9. The van der Waals surface area contributed by atoms with Gasteiger partial charge in [0.05, 0.1) is 12.7 Å². The van der Waals surface area contributed by atoms with E-state index < -0.39 is 5.97 Å². The lowest BCUT2D eigenvalue weighted by Crippen LogP contribution is -2.11. The molecule has 2 aliphatic rings. The van der Waals surface area contributed by atoms with Gasteiger partial charge in [0, 0.05) is 24.7 Å². The summed E-state index contributed by atoms with van der Waals surface area (Å²) in [5.41, 5.74) is 2.22. The second-order valence-corrected chi connectivity index (χ2v) is 5.03. The molecule has 0 atom stereocenters. The van der Waals surface area contributed by atoms with E-state index in [1.807, 2.05) is 24.3 Å². The van der Waals surface area contributed by atoms with Crippen LogP contribution in [0.4, 0.5) is 0 Å². The van der Waals surface area contributed by atoms with E-state index in [1.165, 1.54) is 7.11 Å². The molecular formula is C16H15N3O4. The van der Waals surface area contributed by atoms with Gasteiger partial charge >= 0.3 is 5.97 Å². The summed E-state index contributed by atoms with van der Waals surface area (Å²) in [6, 6.07) is 7.47. The maximum absolute atomic E-state index is 11.9. The monoisotopic (exact) mass is 313 g/mol. The molecule has 23 heavy (non-hydrogen) atoms. The number of hydrogen-bond donors (Lipinski definition) is 2. The summed E-state index contributed by atoms with van der Waals surface area (Å²) in [6.07, 6.45) is 3.77. The Bertz CT molecular complexity index is 864. The van der Waals surface area contributed by atoms with E-state index in [2.05, 4.69) is 10.2 Å². The molecule has 0 saturated heterocycles. The van der Waals surface area contributed by atoms with E-state index in [-0.39, 0.29) is 23.4 Å². The molecule has 7 nitrogen and oxygen atoms in total. The third-order valence-electron chi connectivity index (χ3n) is 3.60. The molecule has 0 unspecified atom stereocenters. The second-order valence-electron chi connectivity index (χ2n) is 5.03. The SMILES string of the molecule is COC(=O)c1cn(-c2ccc(CCO)cc2)cc2c(=O)[nH]nc1-2. The fraction of sp³-hybridized carbons (Fsp3) is 0.188. The Hall–Kier alpha value is -2.93. The molecule has 118 valence electrons. The summed E-state index contributed by atoms with van der Waals surface area (Å²) in [7, 11) is 1.28. The van der Waals surface area contributed by atoms with Crippen LogP contribution >= 0.6 is 0 Å². The Kier molecular flexibility index (Phi) is 3.94. The van der Waals surface area contributed by atoms with E-state index in [4.69, 9.17) is 9.84 Å². The molecular weight excluding hydrogens is 298 g/mol. The van der Waals surface area contributed by atoms with E-state index in [1.54, 1.807) is 17.0 Å². The van der Waals surface area contributed by atoms with Gasteiger partial charge in [-0.3, -0.25) is 4.79 Å². The Morgan fingerprint density at radius 1 is 1.30 bits per heavy atom. The van der Waals surface area contributed by atoms with Crippen molar-refractivity contribution in [3.63, 3.8) is 0 Å². The minimum Gasteiger partial charge on any atom is -0.465 e. The number of hydrogen-bond acceptors (Lipinski definition) is 5. The summed E-state index contributed by atoms with van der Waals surface area (Å²) in [5, 5.41) is 15.2. The number of benzene rings is 1. The lowest BCUT2D eigenvalue weighted by Gasteiger charge is -2.12. The normalized spacial score (nSPS) is 10.9. The molecule has 0 bridgehead atoms. The number of methoxy groups -OCH3 is 1. The van der Waals surface area contributed by atoms with Crippen LogP contribution in [0.2, 0.25) is 0 Å². The summed E-state index contributed by atoms with van der Waals surface area (Å²) >= 11 is 0. The van der Waals surface area contributed by atoms with Gasteiger partial charge in [-0.2, -0.15) is 5.10 Å². The zero-order valence-corrected chi connectivity index (χ0v) is 12.4. The van der Waals surface area contributed by atoms with Crippen LogP contribution in [-0.4, -0.2) is 39.6 Å². The molecule has 7 heteroatoms. The fourth-order valence-electron chi connectivity index (χ4n) is 2.41. The first-order valence-corrected chi connectivity index (χ1v) is 7.03. The number of carbonyl (C=O) groups excluding carboxylic acids is 1. The minimum atomic E-state index is -0.562. The summed E-state index contributed by atoms with van der Waals surface area (Å²) < 4.78 is 6.43. The van der Waals surface area contributed by atoms with Crippen LogP contribution in [0.15, 0.2) is 41.5 Å². The summed E-state index contributed by atoms with van der Waals surface area (Å²) in [6.45, 7) is 0.0828. The van der Waals surface area contributed by atoms with Crippen LogP contribution in [0.3, 0.4) is 0 Å². The predicted octanol–water partition coefficient (Wildman–Crippen LogP) is 0.987. The Labute approximate surface area is 131 Å². The van der Waals surface area contributed by atoms with Crippen LogP contribution in [0, 0.1) is 0 Å². The molecule has 2 heterocycles. The Morgan fingerprint density at radius 3 is 2.70 bits per heavy atom. The number of ether oxygens (including phenoxy) is 1. The number of nitrogens with one attached hydrogen (secondary N) is 1. The molecule has 3 rings (SSSR count). The molecule has 0 spiro atoms. The van der Waals surface area contributed by atoms with Crippen molar-refractivity contribution in [2.75, 3.05) is 13.7 Å². The molecule has 0 fully saturated rings. The van der Waals surface area contributed by atoms with Crippen molar-refractivity contribution in [1.82, 2.24) is 14.8 Å². The van der Waals surface area contributed by atoms with Gasteiger partial charge in [-0.1, -0.05) is 12.1 Å². The number of carbonyl (C=O) groups is 1. The largest absolute Gasteiger partial charge is 0.465 e. The zero-order chi connectivity index (χ0) is 16.4. The Morgan fingerprint density at radius 2 is 2.04 bits per heavy atom. The highest BCUT2D eigenvalue weighted by atomic mass is 16.5. The van der Waals surface area contributed by atoms with Crippen LogP contribution < -0.4 is 5.56 Å². The van der Waals surface area contributed by atoms with Gasteiger partial charge in [-0.25, -0.2) is 9.89 Å². The van der Waals surface area contributed by atoms with Gasteiger partial charge < -0.3 is 14.4 Å². The highest BCUT2D eigenvalue weighted by Gasteiger charge is 2.22. The number of esters is 1. The molecule has 0 amide bonds.